The number of amides is 2. The summed E-state index contributed by atoms with van der Waals surface area (Å²) in [4.78, 5) is 14.4. The molecule has 45 heavy (non-hydrogen) atoms. The third-order valence-corrected chi connectivity index (χ3v) is 8.49. The lowest BCUT2D eigenvalue weighted by molar-refractivity contribution is -0.264. The van der Waals surface area contributed by atoms with Gasteiger partial charge in [0.15, 0.2) is 6.29 Å². The van der Waals surface area contributed by atoms with Gasteiger partial charge in [0.1, 0.15) is 0 Å². The van der Waals surface area contributed by atoms with Crippen LogP contribution >= 0.6 is 0 Å². The quantitative estimate of drug-likeness (QED) is 0.159. The standard InChI is InChI=1S/C37H43N3O5/c1-4-38-37(43)39-31-17-11-16-30(22-31)36-44-32(23-40(3)25(2)34(42)28-14-9-6-10-15-28)33(27-12-7-5-8-13-27)35(45-36)29-20-18-26(24-41)19-21-29/h5-22,25,32-36,41-42H,4,23-24H2,1-3H3,(H2,38,39,43). The van der Waals surface area contributed by atoms with E-state index in [0.717, 1.165) is 27.8 Å². The van der Waals surface area contributed by atoms with Gasteiger partial charge in [-0.3, -0.25) is 4.90 Å². The van der Waals surface area contributed by atoms with Gasteiger partial charge in [0.25, 0.3) is 0 Å². The summed E-state index contributed by atoms with van der Waals surface area (Å²) in [5, 5.41) is 26.6. The van der Waals surface area contributed by atoms with Crippen molar-refractivity contribution in [2.45, 2.75) is 57.0 Å². The third-order valence-electron chi connectivity index (χ3n) is 8.49. The second-order valence-corrected chi connectivity index (χ2v) is 11.5. The van der Waals surface area contributed by atoms with Crippen LogP contribution in [0.4, 0.5) is 10.5 Å². The number of carbonyl (C=O) groups is 1. The summed E-state index contributed by atoms with van der Waals surface area (Å²) < 4.78 is 13.7. The highest BCUT2D eigenvalue weighted by atomic mass is 16.7. The Hall–Kier alpha value is -4.05. The summed E-state index contributed by atoms with van der Waals surface area (Å²) >= 11 is 0. The molecule has 0 aliphatic carbocycles. The Morgan fingerprint density at radius 3 is 2.20 bits per heavy atom. The van der Waals surface area contributed by atoms with Crippen LogP contribution in [0, 0.1) is 0 Å². The highest BCUT2D eigenvalue weighted by Gasteiger charge is 2.43. The maximum absolute atomic E-state index is 12.3. The van der Waals surface area contributed by atoms with Crippen molar-refractivity contribution in [1.82, 2.24) is 10.2 Å². The van der Waals surface area contributed by atoms with Crippen LogP contribution in [0.2, 0.25) is 0 Å². The Bertz CT molecular complexity index is 1500. The molecule has 6 atom stereocenters. The van der Waals surface area contributed by atoms with Crippen LogP contribution in [-0.2, 0) is 16.1 Å². The molecule has 4 aromatic rings. The van der Waals surface area contributed by atoms with E-state index < -0.39 is 12.4 Å². The number of rotatable bonds is 11. The molecule has 0 bridgehead atoms. The Kier molecular flexibility index (Phi) is 11.0. The van der Waals surface area contributed by atoms with Gasteiger partial charge < -0.3 is 30.3 Å². The summed E-state index contributed by atoms with van der Waals surface area (Å²) in [5.41, 5.74) is 5.14. The Balaban J connectivity index is 1.51. The van der Waals surface area contributed by atoms with Crippen LogP contribution in [0.5, 0.6) is 0 Å². The highest BCUT2D eigenvalue weighted by Crippen LogP contribution is 2.47. The van der Waals surface area contributed by atoms with Gasteiger partial charge in [-0.1, -0.05) is 97.1 Å². The monoisotopic (exact) mass is 609 g/mol. The van der Waals surface area contributed by atoms with Crippen molar-refractivity contribution in [3.8, 4) is 0 Å². The van der Waals surface area contributed by atoms with E-state index in [-0.39, 0.29) is 36.8 Å². The fourth-order valence-corrected chi connectivity index (χ4v) is 5.88. The number of aliphatic hydroxyl groups excluding tert-OH is 2. The molecule has 4 N–H and O–H groups in total. The minimum absolute atomic E-state index is 0.0416. The predicted octanol–water partition coefficient (Wildman–Crippen LogP) is 6.31. The number of likely N-dealkylation sites (N-methyl/N-ethyl adjacent to an activating group) is 1. The number of hydrogen-bond acceptors (Lipinski definition) is 6. The molecule has 236 valence electrons. The van der Waals surface area contributed by atoms with Crippen LogP contribution in [-0.4, -0.2) is 53.4 Å². The molecular weight excluding hydrogens is 566 g/mol. The number of anilines is 1. The van der Waals surface area contributed by atoms with Gasteiger partial charge in [0.05, 0.1) is 24.9 Å². The molecule has 1 aliphatic heterocycles. The maximum atomic E-state index is 12.3. The first-order valence-electron chi connectivity index (χ1n) is 15.5. The molecule has 0 spiro atoms. The van der Waals surface area contributed by atoms with Gasteiger partial charge in [-0.05, 0) is 55.3 Å². The first kappa shape index (κ1) is 32.3. The zero-order valence-electron chi connectivity index (χ0n) is 26.0. The topological polar surface area (TPSA) is 103 Å². The van der Waals surface area contributed by atoms with E-state index in [1.165, 1.54) is 0 Å². The molecular formula is C37H43N3O5. The van der Waals surface area contributed by atoms with Crippen molar-refractivity contribution in [3.63, 3.8) is 0 Å². The number of nitrogens with zero attached hydrogens (tertiary/aromatic N) is 1. The molecule has 4 aromatic carbocycles. The maximum Gasteiger partial charge on any atom is 0.319 e. The molecule has 5 rings (SSSR count). The number of aliphatic hydroxyl groups is 2. The Morgan fingerprint density at radius 1 is 0.867 bits per heavy atom. The summed E-state index contributed by atoms with van der Waals surface area (Å²) in [6, 6.07) is 34.8. The van der Waals surface area contributed by atoms with E-state index in [1.807, 2.05) is 118 Å². The number of carbonyl (C=O) groups excluding carboxylic acids is 1. The second kappa shape index (κ2) is 15.3. The molecule has 1 aliphatic rings. The Morgan fingerprint density at radius 2 is 1.53 bits per heavy atom. The van der Waals surface area contributed by atoms with Crippen LogP contribution in [0.3, 0.4) is 0 Å². The van der Waals surface area contributed by atoms with E-state index in [9.17, 15) is 15.0 Å². The molecule has 1 saturated heterocycles. The summed E-state index contributed by atoms with van der Waals surface area (Å²) in [6.07, 6.45) is -2.12. The first-order chi connectivity index (χ1) is 21.9. The predicted molar refractivity (Wildman–Crippen MR) is 176 cm³/mol. The number of nitrogens with one attached hydrogen (secondary N) is 2. The van der Waals surface area contributed by atoms with Crippen molar-refractivity contribution in [2.75, 3.05) is 25.5 Å². The van der Waals surface area contributed by atoms with E-state index in [0.29, 0.717) is 18.8 Å². The van der Waals surface area contributed by atoms with Crippen molar-refractivity contribution in [3.05, 3.63) is 137 Å². The van der Waals surface area contributed by atoms with Gasteiger partial charge >= 0.3 is 6.03 Å². The van der Waals surface area contributed by atoms with Crippen molar-refractivity contribution in [1.29, 1.82) is 0 Å². The molecule has 1 fully saturated rings. The van der Waals surface area contributed by atoms with E-state index in [2.05, 4.69) is 27.7 Å². The van der Waals surface area contributed by atoms with Crippen molar-refractivity contribution < 1.29 is 24.5 Å². The lowest BCUT2D eigenvalue weighted by Crippen LogP contribution is -2.46. The minimum atomic E-state index is -0.726. The second-order valence-electron chi connectivity index (χ2n) is 11.5. The largest absolute Gasteiger partial charge is 0.392 e. The molecule has 0 radical (unpaired) electrons. The molecule has 0 saturated carbocycles. The van der Waals surface area contributed by atoms with Gasteiger partial charge in [0, 0.05) is 36.3 Å². The van der Waals surface area contributed by atoms with Crippen LogP contribution < -0.4 is 10.6 Å². The molecule has 8 nitrogen and oxygen atoms in total. The third kappa shape index (κ3) is 7.97. The SMILES string of the molecule is CCNC(=O)Nc1cccc(C2OC(CN(C)C(C)C(O)c3ccccc3)C(c3ccccc3)C(c3ccc(CO)cc3)O2)c1. The van der Waals surface area contributed by atoms with E-state index >= 15 is 0 Å². The van der Waals surface area contributed by atoms with E-state index in [1.54, 1.807) is 0 Å². The van der Waals surface area contributed by atoms with Crippen LogP contribution in [0.25, 0.3) is 0 Å². The minimum Gasteiger partial charge on any atom is -0.392 e. The van der Waals surface area contributed by atoms with Crippen molar-refractivity contribution in [2.24, 2.45) is 0 Å². The first-order valence-corrected chi connectivity index (χ1v) is 15.5. The molecule has 6 unspecified atom stereocenters. The van der Waals surface area contributed by atoms with Crippen LogP contribution in [0.1, 0.15) is 66.1 Å². The number of urea groups is 1. The fourth-order valence-electron chi connectivity index (χ4n) is 5.88. The van der Waals surface area contributed by atoms with Gasteiger partial charge in [-0.2, -0.15) is 0 Å². The summed E-state index contributed by atoms with van der Waals surface area (Å²) in [6.45, 7) is 4.89. The normalized spacial score (nSPS) is 21.2. The van der Waals surface area contributed by atoms with Gasteiger partial charge in [-0.15, -0.1) is 0 Å². The van der Waals surface area contributed by atoms with E-state index in [4.69, 9.17) is 9.47 Å². The zero-order chi connectivity index (χ0) is 31.8. The number of ether oxygens (including phenoxy) is 2. The average Bonchev–Trinajstić information content (AvgIpc) is 3.08. The lowest BCUT2D eigenvalue weighted by Gasteiger charge is -2.45. The lowest BCUT2D eigenvalue weighted by atomic mass is 9.83. The zero-order valence-corrected chi connectivity index (χ0v) is 26.0. The smallest absolute Gasteiger partial charge is 0.319 e. The Labute approximate surface area is 265 Å². The molecule has 0 aromatic heterocycles. The van der Waals surface area contributed by atoms with Crippen molar-refractivity contribution >= 4 is 11.7 Å². The van der Waals surface area contributed by atoms with Crippen LogP contribution in [0.15, 0.2) is 109 Å². The fraction of sp³-hybridized carbons (Fsp3) is 0.324. The number of benzene rings is 4. The highest BCUT2D eigenvalue weighted by molar-refractivity contribution is 5.89. The van der Waals surface area contributed by atoms with Gasteiger partial charge in [-0.25, -0.2) is 4.79 Å². The van der Waals surface area contributed by atoms with Gasteiger partial charge in [0.2, 0.25) is 0 Å². The summed E-state index contributed by atoms with van der Waals surface area (Å²) in [7, 11) is 2.01. The molecule has 1 heterocycles. The number of hydrogen-bond donors (Lipinski definition) is 4. The molecule has 2 amide bonds. The average molecular weight is 610 g/mol. The molecule has 8 heteroatoms. The summed E-state index contributed by atoms with van der Waals surface area (Å²) in [5.74, 6) is -0.178.